The number of fused-ring (bicyclic) bond motifs is 1. The van der Waals surface area contributed by atoms with Crippen LogP contribution < -0.4 is 5.73 Å². The predicted molar refractivity (Wildman–Crippen MR) is 78.8 cm³/mol. The van der Waals surface area contributed by atoms with E-state index >= 15 is 0 Å². The van der Waals surface area contributed by atoms with Crippen LogP contribution in [0.15, 0.2) is 34.1 Å². The van der Waals surface area contributed by atoms with Gasteiger partial charge in [0.1, 0.15) is 0 Å². The summed E-state index contributed by atoms with van der Waals surface area (Å²) < 4.78 is 3.24. The molecule has 0 aliphatic carbocycles. The maximum atomic E-state index is 5.83. The molecule has 3 nitrogen and oxygen atoms in total. The molecule has 0 aliphatic heterocycles. The molecule has 1 aromatic carbocycles. The van der Waals surface area contributed by atoms with Gasteiger partial charge in [0, 0.05) is 16.4 Å². The summed E-state index contributed by atoms with van der Waals surface area (Å²) in [5.41, 5.74) is 10.3. The number of aryl methyl sites for hydroxylation is 1. The molecule has 2 heterocycles. The zero-order valence-corrected chi connectivity index (χ0v) is 12.3. The number of aromatic nitrogens is 2. The second kappa shape index (κ2) is 4.50. The van der Waals surface area contributed by atoms with Crippen LogP contribution in [0.25, 0.3) is 16.2 Å². The van der Waals surface area contributed by atoms with Crippen LogP contribution in [0.3, 0.4) is 0 Å². The fourth-order valence-electron chi connectivity index (χ4n) is 2.08. The number of imidazole rings is 1. The summed E-state index contributed by atoms with van der Waals surface area (Å²) in [6.07, 6.45) is 0. The summed E-state index contributed by atoms with van der Waals surface area (Å²) in [7, 11) is 0. The Bertz CT molecular complexity index is 697. The zero-order chi connectivity index (χ0) is 12.7. The zero-order valence-electron chi connectivity index (χ0n) is 9.85. The third-order valence-electron chi connectivity index (χ3n) is 2.99. The number of nitrogens with zero attached hydrogens (tertiary/aromatic N) is 2. The number of halogens is 1. The van der Waals surface area contributed by atoms with Crippen LogP contribution in [0.4, 0.5) is 0 Å². The van der Waals surface area contributed by atoms with E-state index in [9.17, 15) is 0 Å². The first-order valence-corrected chi connectivity index (χ1v) is 7.29. The van der Waals surface area contributed by atoms with E-state index in [4.69, 9.17) is 5.73 Å². The highest BCUT2D eigenvalue weighted by Crippen LogP contribution is 2.29. The fraction of sp³-hybridized carbons (Fsp3) is 0.154. The van der Waals surface area contributed by atoms with Crippen molar-refractivity contribution >= 4 is 32.2 Å². The molecule has 0 saturated carbocycles. The molecule has 0 spiro atoms. The highest BCUT2D eigenvalue weighted by molar-refractivity contribution is 9.10. The first-order chi connectivity index (χ1) is 8.70. The average Bonchev–Trinajstić information content (AvgIpc) is 2.88. The Labute approximate surface area is 117 Å². The summed E-state index contributed by atoms with van der Waals surface area (Å²) in [4.78, 5) is 5.55. The minimum Gasteiger partial charge on any atom is -0.325 e. The summed E-state index contributed by atoms with van der Waals surface area (Å²) in [6.45, 7) is 2.51. The van der Waals surface area contributed by atoms with Gasteiger partial charge in [-0.2, -0.15) is 0 Å². The van der Waals surface area contributed by atoms with Gasteiger partial charge < -0.3 is 5.73 Å². The lowest BCUT2D eigenvalue weighted by Gasteiger charge is -2.03. The molecule has 0 radical (unpaired) electrons. The van der Waals surface area contributed by atoms with E-state index in [1.165, 1.54) is 5.56 Å². The van der Waals surface area contributed by atoms with E-state index in [1.807, 2.05) is 19.1 Å². The molecule has 0 saturated heterocycles. The monoisotopic (exact) mass is 321 g/mol. The molecule has 5 heteroatoms. The van der Waals surface area contributed by atoms with Crippen LogP contribution >= 0.6 is 27.3 Å². The van der Waals surface area contributed by atoms with Crippen molar-refractivity contribution in [2.75, 3.05) is 0 Å². The minimum atomic E-state index is 0.507. The smallest absolute Gasteiger partial charge is 0.194 e. The lowest BCUT2D eigenvalue weighted by Crippen LogP contribution is -2.03. The molecule has 0 fully saturated rings. The number of rotatable bonds is 2. The van der Waals surface area contributed by atoms with E-state index in [0.717, 1.165) is 26.5 Å². The number of hydrogen-bond acceptors (Lipinski definition) is 3. The standard InChI is InChI=1S/C13H12BrN3S/c1-8-11(6-15)17-12(7-18-13(17)16-8)9-2-4-10(14)5-3-9/h2-5,7H,6,15H2,1H3. The molecule has 0 amide bonds. The number of hydrogen-bond donors (Lipinski definition) is 1. The second-order valence-electron chi connectivity index (χ2n) is 4.09. The van der Waals surface area contributed by atoms with Crippen LogP contribution in [-0.2, 0) is 6.54 Å². The van der Waals surface area contributed by atoms with Crippen LogP contribution in [0, 0.1) is 6.92 Å². The Morgan fingerprint density at radius 3 is 2.72 bits per heavy atom. The SMILES string of the molecule is Cc1nc2scc(-c3ccc(Br)cc3)n2c1CN. The predicted octanol–water partition coefficient (Wildman–Crippen LogP) is 3.59. The van der Waals surface area contributed by atoms with Crippen LogP contribution in [0.1, 0.15) is 11.4 Å². The van der Waals surface area contributed by atoms with E-state index in [0.29, 0.717) is 6.54 Å². The van der Waals surface area contributed by atoms with E-state index in [2.05, 4.69) is 42.8 Å². The molecule has 3 rings (SSSR count). The molecule has 0 unspecified atom stereocenters. The van der Waals surface area contributed by atoms with Gasteiger partial charge in [-0.1, -0.05) is 28.1 Å². The Hall–Kier alpha value is -1.17. The average molecular weight is 322 g/mol. The molecule has 0 bridgehead atoms. The largest absolute Gasteiger partial charge is 0.325 e. The first-order valence-electron chi connectivity index (χ1n) is 5.62. The van der Waals surface area contributed by atoms with Gasteiger partial charge in [0.05, 0.1) is 17.1 Å². The topological polar surface area (TPSA) is 43.3 Å². The Morgan fingerprint density at radius 1 is 1.33 bits per heavy atom. The molecule has 0 aliphatic rings. The third kappa shape index (κ3) is 1.79. The van der Waals surface area contributed by atoms with Crippen molar-refractivity contribution in [3.8, 4) is 11.3 Å². The normalized spacial score (nSPS) is 11.3. The van der Waals surface area contributed by atoms with E-state index < -0.39 is 0 Å². The lowest BCUT2D eigenvalue weighted by molar-refractivity contribution is 0.953. The second-order valence-corrected chi connectivity index (χ2v) is 5.85. The van der Waals surface area contributed by atoms with Crippen molar-refractivity contribution in [2.24, 2.45) is 5.73 Å². The Morgan fingerprint density at radius 2 is 2.06 bits per heavy atom. The van der Waals surface area contributed by atoms with Gasteiger partial charge in [0.15, 0.2) is 4.96 Å². The summed E-state index contributed by atoms with van der Waals surface area (Å²) in [6, 6.07) is 8.29. The van der Waals surface area contributed by atoms with Gasteiger partial charge in [-0.3, -0.25) is 4.40 Å². The maximum Gasteiger partial charge on any atom is 0.194 e. The number of thiazole rings is 1. The van der Waals surface area contributed by atoms with Crippen molar-refractivity contribution in [1.29, 1.82) is 0 Å². The fourth-order valence-corrected chi connectivity index (χ4v) is 3.31. The summed E-state index contributed by atoms with van der Waals surface area (Å²) in [5, 5.41) is 2.13. The molecule has 0 atom stereocenters. The summed E-state index contributed by atoms with van der Waals surface area (Å²) in [5.74, 6) is 0. The molecular weight excluding hydrogens is 310 g/mol. The molecule has 92 valence electrons. The third-order valence-corrected chi connectivity index (χ3v) is 4.35. The molecular formula is C13H12BrN3S. The van der Waals surface area contributed by atoms with Gasteiger partial charge in [0.2, 0.25) is 0 Å². The van der Waals surface area contributed by atoms with Crippen molar-refractivity contribution < 1.29 is 0 Å². The Balaban J connectivity index is 2.25. The van der Waals surface area contributed by atoms with Crippen LogP contribution in [-0.4, -0.2) is 9.38 Å². The van der Waals surface area contributed by atoms with Crippen molar-refractivity contribution in [1.82, 2.24) is 9.38 Å². The highest BCUT2D eigenvalue weighted by atomic mass is 79.9. The van der Waals surface area contributed by atoms with Gasteiger partial charge in [-0.15, -0.1) is 11.3 Å². The lowest BCUT2D eigenvalue weighted by atomic mass is 10.2. The first kappa shape index (κ1) is 11.9. The van der Waals surface area contributed by atoms with Gasteiger partial charge in [0.25, 0.3) is 0 Å². The molecule has 3 aromatic rings. The summed E-state index contributed by atoms with van der Waals surface area (Å²) >= 11 is 5.10. The van der Waals surface area contributed by atoms with Gasteiger partial charge in [-0.05, 0) is 24.6 Å². The number of nitrogens with two attached hydrogens (primary N) is 1. The molecule has 2 N–H and O–H groups in total. The van der Waals surface area contributed by atoms with Gasteiger partial charge >= 0.3 is 0 Å². The maximum absolute atomic E-state index is 5.83. The van der Waals surface area contributed by atoms with Crippen molar-refractivity contribution in [2.45, 2.75) is 13.5 Å². The minimum absolute atomic E-state index is 0.507. The quantitative estimate of drug-likeness (QED) is 0.783. The van der Waals surface area contributed by atoms with Crippen LogP contribution in [0.5, 0.6) is 0 Å². The molecule has 18 heavy (non-hydrogen) atoms. The molecule has 2 aromatic heterocycles. The van der Waals surface area contributed by atoms with E-state index in [1.54, 1.807) is 11.3 Å². The van der Waals surface area contributed by atoms with Crippen molar-refractivity contribution in [3.63, 3.8) is 0 Å². The highest BCUT2D eigenvalue weighted by Gasteiger charge is 2.13. The Kier molecular flexibility index (Phi) is 2.97. The number of benzene rings is 1. The van der Waals surface area contributed by atoms with Gasteiger partial charge in [-0.25, -0.2) is 4.98 Å². The van der Waals surface area contributed by atoms with Crippen molar-refractivity contribution in [3.05, 3.63) is 45.5 Å². The van der Waals surface area contributed by atoms with E-state index in [-0.39, 0.29) is 0 Å². The van der Waals surface area contributed by atoms with Crippen LogP contribution in [0.2, 0.25) is 0 Å².